The zero-order valence-corrected chi connectivity index (χ0v) is 15.6. The Balaban J connectivity index is 1.49. The van der Waals surface area contributed by atoms with Crippen LogP contribution in [0, 0.1) is 0 Å². The molecule has 0 radical (unpaired) electrons. The Morgan fingerprint density at radius 3 is 2.80 bits per heavy atom. The Bertz CT molecular complexity index is 785. The van der Waals surface area contributed by atoms with E-state index in [1.54, 1.807) is 18.2 Å². The molecule has 25 heavy (non-hydrogen) atoms. The molecule has 4 nitrogen and oxygen atoms in total. The van der Waals surface area contributed by atoms with Crippen LogP contribution in [0.3, 0.4) is 0 Å². The summed E-state index contributed by atoms with van der Waals surface area (Å²) >= 11 is 13.4. The average Bonchev–Trinajstić information content (AvgIpc) is 2.61. The van der Waals surface area contributed by atoms with Crippen LogP contribution in [-0.4, -0.2) is 29.5 Å². The lowest BCUT2D eigenvalue weighted by Crippen LogP contribution is -2.21. The lowest BCUT2D eigenvalue weighted by Gasteiger charge is -2.18. The van der Waals surface area contributed by atoms with Crippen molar-refractivity contribution in [1.82, 2.24) is 0 Å². The number of aliphatic hydroxyl groups is 1. The molecule has 1 amide bonds. The highest BCUT2D eigenvalue weighted by Crippen LogP contribution is 2.29. The van der Waals surface area contributed by atoms with Gasteiger partial charge < -0.3 is 15.2 Å². The molecule has 2 aromatic rings. The molecule has 1 atom stereocenters. The second-order valence-electron chi connectivity index (χ2n) is 5.72. The predicted octanol–water partition coefficient (Wildman–Crippen LogP) is 4.41. The Labute approximate surface area is 160 Å². The molecule has 2 aromatic carbocycles. The van der Waals surface area contributed by atoms with Crippen molar-refractivity contribution in [1.29, 1.82) is 0 Å². The Kier molecular flexibility index (Phi) is 6.12. The summed E-state index contributed by atoms with van der Waals surface area (Å²) < 4.78 is 5.67. The van der Waals surface area contributed by atoms with E-state index in [4.69, 9.17) is 27.9 Å². The molecule has 0 saturated carbocycles. The van der Waals surface area contributed by atoms with Gasteiger partial charge in [0.25, 0.3) is 0 Å². The number of fused-ring (bicyclic) bond motifs is 1. The molecule has 0 aromatic heterocycles. The minimum atomic E-state index is -0.616. The van der Waals surface area contributed by atoms with E-state index in [0.717, 1.165) is 16.1 Å². The summed E-state index contributed by atoms with van der Waals surface area (Å²) in [6, 6.07) is 10.9. The molecule has 1 aliphatic rings. The molecule has 132 valence electrons. The number of hydrogen-bond donors (Lipinski definition) is 2. The molecule has 1 heterocycles. The first-order chi connectivity index (χ1) is 12.0. The van der Waals surface area contributed by atoms with Crippen LogP contribution in [0.1, 0.15) is 12.0 Å². The highest BCUT2D eigenvalue weighted by atomic mass is 35.5. The third kappa shape index (κ3) is 5.05. The fraction of sp³-hybridized carbons (Fsp3) is 0.278. The highest BCUT2D eigenvalue weighted by Gasteiger charge is 2.15. The average molecular weight is 398 g/mol. The van der Waals surface area contributed by atoms with Crippen LogP contribution >= 0.6 is 35.0 Å². The standard InChI is InChI=1S/C18H17Cl2NO3S/c19-15-4-3-14(8-16(15)20)25-10-12(22)9-24-13-2-5-17-11(7-13)1-6-18(23)21-17/h2-5,7-8,12,22H,1,6,9-10H2,(H,21,23). The van der Waals surface area contributed by atoms with Crippen LogP contribution in [0.25, 0.3) is 0 Å². The van der Waals surface area contributed by atoms with E-state index in [1.807, 2.05) is 18.2 Å². The van der Waals surface area contributed by atoms with Gasteiger partial charge in [-0.3, -0.25) is 4.79 Å². The molecule has 1 aliphatic heterocycles. The fourth-order valence-corrected chi connectivity index (χ4v) is 3.66. The van der Waals surface area contributed by atoms with Gasteiger partial charge in [-0.05, 0) is 48.4 Å². The maximum Gasteiger partial charge on any atom is 0.224 e. The van der Waals surface area contributed by atoms with Gasteiger partial charge in [-0.25, -0.2) is 0 Å². The van der Waals surface area contributed by atoms with Crippen molar-refractivity contribution in [3.05, 3.63) is 52.0 Å². The first kappa shape index (κ1) is 18.4. The summed E-state index contributed by atoms with van der Waals surface area (Å²) in [5.41, 5.74) is 1.89. The number of aryl methyl sites for hydroxylation is 1. The summed E-state index contributed by atoms with van der Waals surface area (Å²) in [5.74, 6) is 1.21. The van der Waals surface area contributed by atoms with Crippen LogP contribution in [0.4, 0.5) is 5.69 Å². The number of hydrogen-bond acceptors (Lipinski definition) is 4. The van der Waals surface area contributed by atoms with E-state index in [9.17, 15) is 9.90 Å². The lowest BCUT2D eigenvalue weighted by atomic mass is 10.0. The minimum Gasteiger partial charge on any atom is -0.491 e. The van der Waals surface area contributed by atoms with E-state index in [0.29, 0.717) is 34.4 Å². The second-order valence-corrected chi connectivity index (χ2v) is 7.63. The molecular weight excluding hydrogens is 381 g/mol. The van der Waals surface area contributed by atoms with Crippen molar-refractivity contribution in [3.63, 3.8) is 0 Å². The second kappa shape index (κ2) is 8.32. The first-order valence-electron chi connectivity index (χ1n) is 7.83. The number of thioether (sulfide) groups is 1. The van der Waals surface area contributed by atoms with E-state index in [1.165, 1.54) is 11.8 Å². The molecule has 0 saturated heterocycles. The Morgan fingerprint density at radius 1 is 1.16 bits per heavy atom. The molecule has 1 unspecified atom stereocenters. The third-order valence-corrected chi connectivity index (χ3v) is 5.63. The van der Waals surface area contributed by atoms with Crippen LogP contribution < -0.4 is 10.1 Å². The maximum absolute atomic E-state index is 11.4. The summed E-state index contributed by atoms with van der Waals surface area (Å²) in [6.07, 6.45) is 0.572. The van der Waals surface area contributed by atoms with E-state index < -0.39 is 6.10 Å². The number of amides is 1. The number of carbonyl (C=O) groups is 1. The molecule has 0 spiro atoms. The molecule has 2 N–H and O–H groups in total. The van der Waals surface area contributed by atoms with Gasteiger partial charge in [-0.2, -0.15) is 0 Å². The van der Waals surface area contributed by atoms with Gasteiger partial charge in [0.05, 0.1) is 16.1 Å². The van der Waals surface area contributed by atoms with Crippen molar-refractivity contribution < 1.29 is 14.6 Å². The summed E-state index contributed by atoms with van der Waals surface area (Å²) in [5, 5.41) is 13.9. The molecule has 3 rings (SSSR count). The number of halogens is 2. The molecular formula is C18H17Cl2NO3S. The smallest absolute Gasteiger partial charge is 0.224 e. The summed E-state index contributed by atoms with van der Waals surface area (Å²) in [6.45, 7) is 0.194. The Hall–Kier alpha value is -1.40. The molecule has 7 heteroatoms. The minimum absolute atomic E-state index is 0.0379. The van der Waals surface area contributed by atoms with Crippen LogP contribution in [0.5, 0.6) is 5.75 Å². The number of ether oxygens (including phenoxy) is 1. The largest absolute Gasteiger partial charge is 0.491 e. The zero-order chi connectivity index (χ0) is 17.8. The van der Waals surface area contributed by atoms with Gasteiger partial charge in [-0.1, -0.05) is 23.2 Å². The molecule has 0 aliphatic carbocycles. The number of nitrogens with one attached hydrogen (secondary N) is 1. The number of benzene rings is 2. The van der Waals surface area contributed by atoms with E-state index in [-0.39, 0.29) is 12.5 Å². The van der Waals surface area contributed by atoms with Crippen molar-refractivity contribution in [2.45, 2.75) is 23.8 Å². The quantitative estimate of drug-likeness (QED) is 0.708. The lowest BCUT2D eigenvalue weighted by molar-refractivity contribution is -0.116. The van der Waals surface area contributed by atoms with Crippen LogP contribution in [-0.2, 0) is 11.2 Å². The number of carbonyl (C=O) groups excluding carboxylic acids is 1. The summed E-state index contributed by atoms with van der Waals surface area (Å²) in [4.78, 5) is 12.3. The van der Waals surface area contributed by atoms with Crippen molar-refractivity contribution in [2.75, 3.05) is 17.7 Å². The van der Waals surface area contributed by atoms with Crippen LogP contribution in [0.15, 0.2) is 41.3 Å². The SMILES string of the molecule is O=C1CCc2cc(OCC(O)CSc3ccc(Cl)c(Cl)c3)ccc2N1. The zero-order valence-electron chi connectivity index (χ0n) is 13.3. The predicted molar refractivity (Wildman–Crippen MR) is 102 cm³/mol. The van der Waals surface area contributed by atoms with Crippen molar-refractivity contribution in [2.24, 2.45) is 0 Å². The molecule has 0 bridgehead atoms. The third-order valence-electron chi connectivity index (χ3n) is 3.75. The van der Waals surface area contributed by atoms with Gasteiger partial charge in [0, 0.05) is 22.8 Å². The Morgan fingerprint density at radius 2 is 2.00 bits per heavy atom. The van der Waals surface area contributed by atoms with Crippen molar-refractivity contribution >= 4 is 46.6 Å². The number of aliphatic hydroxyl groups excluding tert-OH is 1. The van der Waals surface area contributed by atoms with Gasteiger partial charge in [-0.15, -0.1) is 11.8 Å². The first-order valence-corrected chi connectivity index (χ1v) is 9.57. The monoisotopic (exact) mass is 397 g/mol. The van der Waals surface area contributed by atoms with E-state index >= 15 is 0 Å². The van der Waals surface area contributed by atoms with Gasteiger partial charge >= 0.3 is 0 Å². The summed E-state index contributed by atoms with van der Waals surface area (Å²) in [7, 11) is 0. The normalized spacial score (nSPS) is 14.6. The van der Waals surface area contributed by atoms with Gasteiger partial charge in [0.2, 0.25) is 5.91 Å². The number of rotatable bonds is 6. The van der Waals surface area contributed by atoms with E-state index in [2.05, 4.69) is 5.32 Å². The van der Waals surface area contributed by atoms with Crippen molar-refractivity contribution in [3.8, 4) is 5.75 Å². The topological polar surface area (TPSA) is 58.6 Å². The fourth-order valence-electron chi connectivity index (χ4n) is 2.45. The maximum atomic E-state index is 11.4. The van der Waals surface area contributed by atoms with Gasteiger partial charge in [0.15, 0.2) is 0 Å². The highest BCUT2D eigenvalue weighted by molar-refractivity contribution is 7.99. The molecule has 0 fully saturated rings. The number of anilines is 1. The van der Waals surface area contributed by atoms with Gasteiger partial charge in [0.1, 0.15) is 12.4 Å². The van der Waals surface area contributed by atoms with Crippen LogP contribution in [0.2, 0.25) is 10.0 Å².